The molecule has 13 heteroatoms. The van der Waals surface area contributed by atoms with Gasteiger partial charge in [-0.25, -0.2) is 4.68 Å². The van der Waals surface area contributed by atoms with Crippen molar-refractivity contribution in [2.45, 2.75) is 26.1 Å². The Hall–Kier alpha value is -3.48. The van der Waals surface area contributed by atoms with Crippen LogP contribution in [0.5, 0.6) is 0 Å². The van der Waals surface area contributed by atoms with Gasteiger partial charge in [-0.3, -0.25) is 14.3 Å². The number of halogens is 3. The van der Waals surface area contributed by atoms with E-state index >= 15 is 0 Å². The first-order chi connectivity index (χ1) is 14.5. The molecule has 0 aromatic carbocycles. The average molecular weight is 439 g/mol. The molecule has 166 valence electrons. The fourth-order valence-electron chi connectivity index (χ4n) is 2.88. The Labute approximate surface area is 174 Å². The third kappa shape index (κ3) is 4.66. The van der Waals surface area contributed by atoms with E-state index in [1.807, 2.05) is 0 Å². The van der Waals surface area contributed by atoms with Crippen LogP contribution in [-0.2, 0) is 18.0 Å². The predicted molar refractivity (Wildman–Crippen MR) is 102 cm³/mol. The van der Waals surface area contributed by atoms with Gasteiger partial charge >= 0.3 is 6.18 Å². The highest BCUT2D eigenvalue weighted by atomic mass is 19.4. The number of nitrogens with one attached hydrogen (secondary N) is 1. The largest absolute Gasteiger partial charge is 0.435 e. The molecule has 10 nitrogen and oxygen atoms in total. The lowest BCUT2D eigenvalue weighted by atomic mass is 10.2. The summed E-state index contributed by atoms with van der Waals surface area (Å²) in [6.45, 7) is 3.29. The molecule has 1 atom stereocenters. The summed E-state index contributed by atoms with van der Waals surface area (Å²) in [5, 5.41) is 14.2. The number of amides is 1. The van der Waals surface area contributed by atoms with E-state index in [-0.39, 0.29) is 29.4 Å². The Bertz CT molecular complexity index is 1160. The lowest BCUT2D eigenvalue weighted by Gasteiger charge is -2.14. The standard InChI is InChI=1S/C18H20F3N7O3/c1-10(9-31-4)23-16(29)13-6-15(27-11(2)5-14(24-27)18(19,20)21)25-28(17(13)30)12-7-22-26(3)8-12/h5-8,10H,9H2,1-4H3,(H,23,29)/t10-/m0/s1. The quantitative estimate of drug-likeness (QED) is 0.619. The van der Waals surface area contributed by atoms with Crippen molar-refractivity contribution in [3.63, 3.8) is 0 Å². The highest BCUT2D eigenvalue weighted by molar-refractivity contribution is 5.94. The third-order valence-electron chi connectivity index (χ3n) is 4.27. The molecule has 0 saturated carbocycles. The number of methoxy groups -OCH3 is 1. The van der Waals surface area contributed by atoms with Gasteiger partial charge in [-0.2, -0.15) is 28.1 Å². The second-order valence-corrected chi connectivity index (χ2v) is 6.92. The van der Waals surface area contributed by atoms with Gasteiger partial charge in [-0.15, -0.1) is 5.10 Å². The van der Waals surface area contributed by atoms with Gasteiger partial charge in [0.1, 0.15) is 11.3 Å². The Kier molecular flexibility index (Phi) is 5.97. The van der Waals surface area contributed by atoms with Crippen molar-refractivity contribution in [2.75, 3.05) is 13.7 Å². The number of aryl methyl sites for hydroxylation is 2. The summed E-state index contributed by atoms with van der Waals surface area (Å²) in [6, 6.07) is 1.54. The molecule has 1 amide bonds. The molecule has 3 aromatic rings. The van der Waals surface area contributed by atoms with Gasteiger partial charge in [-0.05, 0) is 19.9 Å². The van der Waals surface area contributed by atoms with E-state index in [4.69, 9.17) is 4.74 Å². The van der Waals surface area contributed by atoms with Gasteiger partial charge in [0.05, 0.1) is 19.0 Å². The smallest absolute Gasteiger partial charge is 0.383 e. The normalized spacial score (nSPS) is 12.7. The Morgan fingerprint density at radius 2 is 1.97 bits per heavy atom. The number of nitrogens with zero attached hydrogens (tertiary/aromatic N) is 6. The first-order valence-corrected chi connectivity index (χ1v) is 9.08. The van der Waals surface area contributed by atoms with Crippen molar-refractivity contribution in [1.82, 2.24) is 34.7 Å². The third-order valence-corrected chi connectivity index (χ3v) is 4.27. The van der Waals surface area contributed by atoms with Gasteiger partial charge in [0.2, 0.25) is 0 Å². The molecule has 0 aliphatic heterocycles. The number of carbonyl (C=O) groups excluding carboxylic acids is 1. The Balaban J connectivity index is 2.17. The van der Waals surface area contributed by atoms with Crippen LogP contribution in [0.1, 0.15) is 28.7 Å². The van der Waals surface area contributed by atoms with E-state index < -0.39 is 29.4 Å². The number of hydrogen-bond donors (Lipinski definition) is 1. The molecule has 3 rings (SSSR count). The monoisotopic (exact) mass is 439 g/mol. The van der Waals surface area contributed by atoms with Crippen molar-refractivity contribution in [3.05, 3.63) is 51.8 Å². The van der Waals surface area contributed by atoms with E-state index in [9.17, 15) is 22.8 Å². The molecule has 3 aromatic heterocycles. The molecule has 3 heterocycles. The average Bonchev–Trinajstić information content (AvgIpc) is 3.27. The first-order valence-electron chi connectivity index (χ1n) is 9.08. The molecule has 1 N–H and O–H groups in total. The Morgan fingerprint density at radius 3 is 2.52 bits per heavy atom. The van der Waals surface area contributed by atoms with Gasteiger partial charge < -0.3 is 10.1 Å². The van der Waals surface area contributed by atoms with Crippen molar-refractivity contribution in [1.29, 1.82) is 0 Å². The summed E-state index contributed by atoms with van der Waals surface area (Å²) in [7, 11) is 3.08. The maximum Gasteiger partial charge on any atom is 0.435 e. The fourth-order valence-corrected chi connectivity index (χ4v) is 2.88. The zero-order valence-electron chi connectivity index (χ0n) is 17.1. The lowest BCUT2D eigenvalue weighted by molar-refractivity contribution is -0.141. The molecule has 0 radical (unpaired) electrons. The van der Waals surface area contributed by atoms with E-state index in [0.29, 0.717) is 0 Å². The fraction of sp³-hybridized carbons (Fsp3) is 0.389. The highest BCUT2D eigenvalue weighted by Gasteiger charge is 2.35. The molecule has 0 unspecified atom stereocenters. The second-order valence-electron chi connectivity index (χ2n) is 6.92. The molecule has 0 bridgehead atoms. The molecule has 0 aliphatic rings. The van der Waals surface area contributed by atoms with Gasteiger partial charge in [0.15, 0.2) is 11.5 Å². The number of hydrogen-bond acceptors (Lipinski definition) is 6. The van der Waals surface area contributed by atoms with Crippen molar-refractivity contribution < 1.29 is 22.7 Å². The van der Waals surface area contributed by atoms with E-state index in [0.717, 1.165) is 21.5 Å². The first kappa shape index (κ1) is 22.2. The molecular weight excluding hydrogens is 419 g/mol. The van der Waals surface area contributed by atoms with Gasteiger partial charge in [-0.1, -0.05) is 0 Å². The van der Waals surface area contributed by atoms with Crippen LogP contribution in [0.2, 0.25) is 0 Å². The topological polar surface area (TPSA) is 109 Å². The highest BCUT2D eigenvalue weighted by Crippen LogP contribution is 2.29. The lowest BCUT2D eigenvalue weighted by Crippen LogP contribution is -2.40. The van der Waals surface area contributed by atoms with Crippen LogP contribution in [0, 0.1) is 6.92 Å². The summed E-state index contributed by atoms with van der Waals surface area (Å²) in [5.41, 5.74) is -1.85. The summed E-state index contributed by atoms with van der Waals surface area (Å²) < 4.78 is 47.5. The minimum Gasteiger partial charge on any atom is -0.383 e. The molecule has 0 saturated heterocycles. The summed E-state index contributed by atoms with van der Waals surface area (Å²) in [5.74, 6) is -0.863. The number of ether oxygens (including phenoxy) is 1. The molecule has 0 fully saturated rings. The van der Waals surface area contributed by atoms with Crippen molar-refractivity contribution >= 4 is 5.91 Å². The van der Waals surface area contributed by atoms with Crippen LogP contribution in [0.25, 0.3) is 11.5 Å². The van der Waals surface area contributed by atoms with E-state index in [1.54, 1.807) is 14.0 Å². The van der Waals surface area contributed by atoms with Crippen molar-refractivity contribution in [2.24, 2.45) is 7.05 Å². The van der Waals surface area contributed by atoms with Gasteiger partial charge in [0, 0.05) is 32.0 Å². The zero-order valence-corrected chi connectivity index (χ0v) is 17.1. The maximum atomic E-state index is 13.1. The summed E-state index contributed by atoms with van der Waals surface area (Å²) in [4.78, 5) is 25.7. The Morgan fingerprint density at radius 1 is 1.26 bits per heavy atom. The SMILES string of the molecule is COC[C@H](C)NC(=O)c1cc(-n2nc(C(F)(F)F)cc2C)nn(-c2cnn(C)c2)c1=O. The molecular formula is C18H20F3N7O3. The summed E-state index contributed by atoms with van der Waals surface area (Å²) >= 11 is 0. The summed E-state index contributed by atoms with van der Waals surface area (Å²) in [6.07, 6.45) is -1.85. The molecule has 31 heavy (non-hydrogen) atoms. The van der Waals surface area contributed by atoms with Crippen LogP contribution >= 0.6 is 0 Å². The predicted octanol–water partition coefficient (Wildman–Crippen LogP) is 1.24. The number of aromatic nitrogens is 6. The van der Waals surface area contributed by atoms with Crippen LogP contribution in [0.4, 0.5) is 13.2 Å². The molecule has 0 aliphatic carbocycles. The number of carbonyl (C=O) groups is 1. The minimum atomic E-state index is -4.66. The van der Waals surface area contributed by atoms with E-state index in [2.05, 4.69) is 20.6 Å². The maximum absolute atomic E-state index is 13.1. The van der Waals surface area contributed by atoms with E-state index in [1.165, 1.54) is 31.1 Å². The molecule has 0 spiro atoms. The van der Waals surface area contributed by atoms with Gasteiger partial charge in [0.25, 0.3) is 11.5 Å². The van der Waals surface area contributed by atoms with Crippen molar-refractivity contribution in [3.8, 4) is 11.5 Å². The van der Waals surface area contributed by atoms with Crippen LogP contribution in [-0.4, -0.2) is 55.0 Å². The number of rotatable bonds is 6. The van der Waals surface area contributed by atoms with Crippen LogP contribution < -0.4 is 10.9 Å². The van der Waals surface area contributed by atoms with Crippen LogP contribution in [0.15, 0.2) is 29.3 Å². The van der Waals surface area contributed by atoms with Crippen LogP contribution in [0.3, 0.4) is 0 Å². The number of alkyl halides is 3. The zero-order chi connectivity index (χ0) is 22.9. The minimum absolute atomic E-state index is 0.121. The second kappa shape index (κ2) is 8.34.